The minimum Gasteiger partial charge on any atom is -0.352 e. The van der Waals surface area contributed by atoms with Crippen LogP contribution in [0.5, 0.6) is 0 Å². The molecule has 120 valence electrons. The molecule has 1 aliphatic carbocycles. The van der Waals surface area contributed by atoms with Gasteiger partial charge in [0.25, 0.3) is 0 Å². The summed E-state index contributed by atoms with van der Waals surface area (Å²) in [6.45, 7) is 0.486. The number of nitrogens with one attached hydrogen (secondary N) is 1. The van der Waals surface area contributed by atoms with E-state index in [-0.39, 0.29) is 11.8 Å². The molecule has 0 radical (unpaired) electrons. The number of carbonyl (C=O) groups excluding carboxylic acids is 1. The average molecular weight is 318 g/mol. The molecule has 0 spiro atoms. The van der Waals surface area contributed by atoms with Crippen LogP contribution < -0.4 is 5.32 Å². The van der Waals surface area contributed by atoms with Crippen LogP contribution in [0.1, 0.15) is 18.4 Å². The standard InChI is InChI=1S/C19H18N4O/c24-19(15-6-7-15)21-12-16-13-23(17-4-2-1-3-5-17)22-18(16)14-8-10-20-11-9-14/h1-5,8-11,13,15H,6-7,12H2,(H,21,24). The number of hydrogen-bond acceptors (Lipinski definition) is 3. The molecule has 4 rings (SSSR count). The van der Waals surface area contributed by atoms with Gasteiger partial charge in [-0.3, -0.25) is 9.78 Å². The van der Waals surface area contributed by atoms with Crippen LogP contribution in [0, 0.1) is 5.92 Å². The van der Waals surface area contributed by atoms with E-state index in [0.717, 1.165) is 35.3 Å². The molecule has 2 heterocycles. The van der Waals surface area contributed by atoms with Crippen molar-refractivity contribution in [2.45, 2.75) is 19.4 Å². The molecule has 0 aliphatic heterocycles. The van der Waals surface area contributed by atoms with Crippen molar-refractivity contribution in [3.8, 4) is 16.9 Å². The van der Waals surface area contributed by atoms with Crippen molar-refractivity contribution in [2.75, 3.05) is 0 Å². The predicted octanol–water partition coefficient (Wildman–Crippen LogP) is 2.96. The molecule has 1 aromatic carbocycles. The molecule has 1 aliphatic rings. The number of benzene rings is 1. The maximum absolute atomic E-state index is 12.0. The highest BCUT2D eigenvalue weighted by Crippen LogP contribution is 2.29. The van der Waals surface area contributed by atoms with Crippen LogP contribution in [0.3, 0.4) is 0 Å². The summed E-state index contributed by atoms with van der Waals surface area (Å²) in [4.78, 5) is 16.0. The lowest BCUT2D eigenvalue weighted by molar-refractivity contribution is -0.122. The zero-order valence-corrected chi connectivity index (χ0v) is 13.2. The number of para-hydroxylation sites is 1. The van der Waals surface area contributed by atoms with E-state index in [1.54, 1.807) is 12.4 Å². The van der Waals surface area contributed by atoms with E-state index in [2.05, 4.69) is 10.3 Å². The van der Waals surface area contributed by atoms with Gasteiger partial charge < -0.3 is 5.32 Å². The summed E-state index contributed by atoms with van der Waals surface area (Å²) in [6.07, 6.45) is 7.50. The van der Waals surface area contributed by atoms with Crippen LogP contribution in [0.2, 0.25) is 0 Å². The minimum absolute atomic E-state index is 0.142. The summed E-state index contributed by atoms with van der Waals surface area (Å²) >= 11 is 0. The number of rotatable bonds is 5. The van der Waals surface area contributed by atoms with Crippen LogP contribution in [0.4, 0.5) is 0 Å². The lowest BCUT2D eigenvalue weighted by atomic mass is 10.1. The first-order valence-electron chi connectivity index (χ1n) is 8.13. The Morgan fingerprint density at radius 1 is 1.12 bits per heavy atom. The molecule has 1 N–H and O–H groups in total. The predicted molar refractivity (Wildman–Crippen MR) is 91.4 cm³/mol. The van der Waals surface area contributed by atoms with Gasteiger partial charge in [0.05, 0.1) is 11.4 Å². The van der Waals surface area contributed by atoms with Gasteiger partial charge in [0.2, 0.25) is 5.91 Å². The van der Waals surface area contributed by atoms with Crippen molar-refractivity contribution in [1.82, 2.24) is 20.1 Å². The van der Waals surface area contributed by atoms with Crippen LogP contribution in [-0.2, 0) is 11.3 Å². The second-order valence-corrected chi connectivity index (χ2v) is 6.01. The maximum Gasteiger partial charge on any atom is 0.223 e. The molecule has 5 heteroatoms. The molecule has 0 bridgehead atoms. The highest BCUT2D eigenvalue weighted by Gasteiger charge is 2.29. The highest BCUT2D eigenvalue weighted by atomic mass is 16.2. The Bertz CT molecular complexity index is 838. The number of nitrogens with zero attached hydrogens (tertiary/aromatic N) is 3. The third-order valence-electron chi connectivity index (χ3n) is 4.17. The molecule has 2 aromatic heterocycles. The Kier molecular flexibility index (Phi) is 3.83. The van der Waals surface area contributed by atoms with Crippen molar-refractivity contribution < 1.29 is 4.79 Å². The lowest BCUT2D eigenvalue weighted by Gasteiger charge is -2.04. The first-order valence-corrected chi connectivity index (χ1v) is 8.13. The van der Waals surface area contributed by atoms with E-state index in [4.69, 9.17) is 5.10 Å². The molecule has 0 atom stereocenters. The zero-order valence-electron chi connectivity index (χ0n) is 13.2. The van der Waals surface area contributed by atoms with Gasteiger partial charge in [0, 0.05) is 42.2 Å². The first kappa shape index (κ1) is 14.6. The SMILES string of the molecule is O=C(NCc1cn(-c2ccccc2)nc1-c1ccncc1)C1CC1. The van der Waals surface area contributed by atoms with Crippen LogP contribution in [0.25, 0.3) is 16.9 Å². The number of carbonyl (C=O) groups is 1. The van der Waals surface area contributed by atoms with Crippen LogP contribution in [-0.4, -0.2) is 20.7 Å². The van der Waals surface area contributed by atoms with E-state index < -0.39 is 0 Å². The Morgan fingerprint density at radius 3 is 2.58 bits per heavy atom. The molecule has 0 unspecified atom stereocenters. The van der Waals surface area contributed by atoms with Crippen molar-refractivity contribution in [1.29, 1.82) is 0 Å². The number of aromatic nitrogens is 3. The van der Waals surface area contributed by atoms with Gasteiger partial charge in [-0.25, -0.2) is 4.68 Å². The van der Waals surface area contributed by atoms with Crippen molar-refractivity contribution >= 4 is 5.91 Å². The first-order chi connectivity index (χ1) is 11.8. The van der Waals surface area contributed by atoms with E-state index in [1.165, 1.54) is 0 Å². The number of pyridine rings is 1. The molecular formula is C19H18N4O. The summed E-state index contributed by atoms with van der Waals surface area (Å²) in [5.74, 6) is 0.349. The van der Waals surface area contributed by atoms with Gasteiger partial charge in [-0.2, -0.15) is 5.10 Å². The van der Waals surface area contributed by atoms with Gasteiger partial charge >= 0.3 is 0 Å². The topological polar surface area (TPSA) is 59.8 Å². The van der Waals surface area contributed by atoms with Gasteiger partial charge in [-0.05, 0) is 37.1 Å². The fraction of sp³-hybridized carbons (Fsp3) is 0.211. The summed E-state index contributed by atoms with van der Waals surface area (Å²) in [6, 6.07) is 13.8. The third-order valence-corrected chi connectivity index (χ3v) is 4.17. The number of amides is 1. The van der Waals surface area contributed by atoms with Crippen molar-refractivity contribution in [3.63, 3.8) is 0 Å². The van der Waals surface area contributed by atoms with E-state index in [0.29, 0.717) is 6.54 Å². The molecule has 1 saturated carbocycles. The molecule has 0 saturated heterocycles. The van der Waals surface area contributed by atoms with E-state index >= 15 is 0 Å². The molecule has 3 aromatic rings. The van der Waals surface area contributed by atoms with Gasteiger partial charge in [0.1, 0.15) is 0 Å². The highest BCUT2D eigenvalue weighted by molar-refractivity contribution is 5.81. The molecule has 24 heavy (non-hydrogen) atoms. The largest absolute Gasteiger partial charge is 0.352 e. The van der Waals surface area contributed by atoms with Crippen molar-refractivity contribution in [2.24, 2.45) is 5.92 Å². The Hall–Kier alpha value is -2.95. The Balaban J connectivity index is 1.67. The van der Waals surface area contributed by atoms with E-state index in [1.807, 2.05) is 53.3 Å². The smallest absolute Gasteiger partial charge is 0.223 e. The fourth-order valence-electron chi connectivity index (χ4n) is 2.68. The Labute approximate surface area is 140 Å². The monoisotopic (exact) mass is 318 g/mol. The molecule has 5 nitrogen and oxygen atoms in total. The normalized spacial score (nSPS) is 13.7. The van der Waals surface area contributed by atoms with Gasteiger partial charge in [0.15, 0.2) is 0 Å². The summed E-state index contributed by atoms with van der Waals surface area (Å²) in [5, 5.41) is 7.75. The van der Waals surface area contributed by atoms with Gasteiger partial charge in [-0.1, -0.05) is 18.2 Å². The third kappa shape index (κ3) is 3.06. The van der Waals surface area contributed by atoms with Crippen LogP contribution >= 0.6 is 0 Å². The quantitative estimate of drug-likeness (QED) is 0.787. The Morgan fingerprint density at radius 2 is 1.88 bits per heavy atom. The minimum atomic E-state index is 0.142. The average Bonchev–Trinajstić information content (AvgIpc) is 3.41. The molecule has 1 fully saturated rings. The van der Waals surface area contributed by atoms with Crippen LogP contribution in [0.15, 0.2) is 61.1 Å². The number of hydrogen-bond donors (Lipinski definition) is 1. The van der Waals surface area contributed by atoms with Gasteiger partial charge in [-0.15, -0.1) is 0 Å². The van der Waals surface area contributed by atoms with Crippen molar-refractivity contribution in [3.05, 3.63) is 66.6 Å². The summed E-state index contributed by atoms with van der Waals surface area (Å²) in [7, 11) is 0. The molecule has 1 amide bonds. The second-order valence-electron chi connectivity index (χ2n) is 6.01. The lowest BCUT2D eigenvalue weighted by Crippen LogP contribution is -2.24. The zero-order chi connectivity index (χ0) is 16.4. The van der Waals surface area contributed by atoms with E-state index in [9.17, 15) is 4.79 Å². The maximum atomic E-state index is 12.0. The fourth-order valence-corrected chi connectivity index (χ4v) is 2.68. The summed E-state index contributed by atoms with van der Waals surface area (Å²) < 4.78 is 1.86. The second kappa shape index (κ2) is 6.28. The summed E-state index contributed by atoms with van der Waals surface area (Å²) in [5.41, 5.74) is 3.86. The molecular weight excluding hydrogens is 300 g/mol.